The van der Waals surface area contributed by atoms with Crippen molar-refractivity contribution in [3.05, 3.63) is 24.3 Å². The molecule has 20 heavy (non-hydrogen) atoms. The molecule has 2 amide bonds. The van der Waals surface area contributed by atoms with E-state index in [1.165, 1.54) is 6.92 Å². The highest BCUT2D eigenvalue weighted by molar-refractivity contribution is 5.95. The minimum Gasteiger partial charge on any atom is -0.477 e. The van der Waals surface area contributed by atoms with Crippen molar-refractivity contribution < 1.29 is 14.3 Å². The van der Waals surface area contributed by atoms with Gasteiger partial charge in [-0.15, -0.1) is 0 Å². The topological polar surface area (TPSA) is 58.6 Å². The van der Waals surface area contributed by atoms with Crippen LogP contribution in [0.4, 0.5) is 5.69 Å². The Balaban J connectivity index is 2.12. The second-order valence-electron chi connectivity index (χ2n) is 4.85. The molecular weight excluding hydrogens is 256 g/mol. The summed E-state index contributed by atoms with van der Waals surface area (Å²) in [6.45, 7) is 4.45. The summed E-state index contributed by atoms with van der Waals surface area (Å²) in [5.41, 5.74) is 0.720. The van der Waals surface area contributed by atoms with Crippen molar-refractivity contribution in [3.63, 3.8) is 0 Å². The number of unbranched alkanes of at least 4 members (excludes halogenated alkanes) is 1. The van der Waals surface area contributed by atoms with E-state index in [-0.39, 0.29) is 18.4 Å². The average molecular weight is 276 g/mol. The fourth-order valence-corrected chi connectivity index (χ4v) is 2.17. The number of rotatable bonds is 4. The molecular formula is C15H20N2O3. The van der Waals surface area contributed by atoms with Gasteiger partial charge in [0.15, 0.2) is 6.10 Å². The third kappa shape index (κ3) is 3.10. The summed E-state index contributed by atoms with van der Waals surface area (Å²) in [6.07, 6.45) is 1.31. The minimum absolute atomic E-state index is 0.0906. The molecule has 0 fully saturated rings. The summed E-state index contributed by atoms with van der Waals surface area (Å²) in [5.74, 6) is 0.316. The standard InChI is InChI=1S/C15H20N2O3/c1-3-4-9-16-15(19)14-10-17(11(2)18)12-7-5-6-8-13(12)20-14/h5-8,14H,3-4,9-10H2,1-2H3,(H,16,19)/t14-/m0/s1. The molecule has 1 aliphatic heterocycles. The van der Waals surface area contributed by atoms with Crippen molar-refractivity contribution >= 4 is 17.5 Å². The van der Waals surface area contributed by atoms with Gasteiger partial charge in [0.2, 0.25) is 5.91 Å². The quantitative estimate of drug-likeness (QED) is 0.852. The van der Waals surface area contributed by atoms with E-state index in [0.29, 0.717) is 12.3 Å². The van der Waals surface area contributed by atoms with Crippen molar-refractivity contribution in [2.24, 2.45) is 0 Å². The maximum absolute atomic E-state index is 12.1. The lowest BCUT2D eigenvalue weighted by atomic mass is 10.1. The number of nitrogens with one attached hydrogen (secondary N) is 1. The number of carbonyl (C=O) groups is 2. The molecule has 1 aliphatic rings. The summed E-state index contributed by atoms with van der Waals surface area (Å²) in [4.78, 5) is 25.4. The maximum Gasteiger partial charge on any atom is 0.262 e. The molecule has 1 N–H and O–H groups in total. The van der Waals surface area contributed by atoms with Gasteiger partial charge in [-0.1, -0.05) is 25.5 Å². The van der Waals surface area contributed by atoms with Gasteiger partial charge in [0.1, 0.15) is 5.75 Å². The van der Waals surface area contributed by atoms with Crippen LogP contribution in [0.1, 0.15) is 26.7 Å². The molecule has 0 bridgehead atoms. The van der Waals surface area contributed by atoms with E-state index in [9.17, 15) is 9.59 Å². The van der Waals surface area contributed by atoms with Crippen LogP contribution >= 0.6 is 0 Å². The van der Waals surface area contributed by atoms with E-state index >= 15 is 0 Å². The number of para-hydroxylation sites is 2. The second kappa shape index (κ2) is 6.41. The summed E-state index contributed by atoms with van der Waals surface area (Å²) >= 11 is 0. The Kier molecular flexibility index (Phi) is 4.61. The predicted octanol–water partition coefficient (Wildman–Crippen LogP) is 1.72. The Bertz CT molecular complexity index is 502. The first-order chi connectivity index (χ1) is 9.63. The number of amides is 2. The fraction of sp³-hybridized carbons (Fsp3) is 0.467. The van der Waals surface area contributed by atoms with Crippen molar-refractivity contribution in [1.29, 1.82) is 0 Å². The summed E-state index contributed by atoms with van der Waals surface area (Å²) in [5, 5.41) is 2.84. The summed E-state index contributed by atoms with van der Waals surface area (Å²) in [7, 11) is 0. The van der Waals surface area contributed by atoms with Gasteiger partial charge in [0.25, 0.3) is 5.91 Å². The highest BCUT2D eigenvalue weighted by Crippen LogP contribution is 2.33. The monoisotopic (exact) mass is 276 g/mol. The lowest BCUT2D eigenvalue weighted by Crippen LogP contribution is -2.50. The Hall–Kier alpha value is -2.04. The van der Waals surface area contributed by atoms with Crippen LogP contribution in [-0.2, 0) is 9.59 Å². The summed E-state index contributed by atoms with van der Waals surface area (Å²) < 4.78 is 5.70. The molecule has 5 heteroatoms. The zero-order chi connectivity index (χ0) is 14.5. The maximum atomic E-state index is 12.1. The van der Waals surface area contributed by atoms with Crippen LogP contribution in [0.5, 0.6) is 5.75 Å². The van der Waals surface area contributed by atoms with Crippen molar-refractivity contribution in [3.8, 4) is 5.75 Å². The average Bonchev–Trinajstić information content (AvgIpc) is 2.46. The highest BCUT2D eigenvalue weighted by atomic mass is 16.5. The van der Waals surface area contributed by atoms with E-state index in [1.807, 2.05) is 18.2 Å². The van der Waals surface area contributed by atoms with E-state index in [1.54, 1.807) is 11.0 Å². The smallest absolute Gasteiger partial charge is 0.262 e. The van der Waals surface area contributed by atoms with Gasteiger partial charge >= 0.3 is 0 Å². The number of anilines is 1. The first-order valence-electron chi connectivity index (χ1n) is 6.95. The van der Waals surface area contributed by atoms with Crippen LogP contribution in [0.15, 0.2) is 24.3 Å². The molecule has 1 atom stereocenters. The van der Waals surface area contributed by atoms with Gasteiger partial charge in [-0.2, -0.15) is 0 Å². The van der Waals surface area contributed by atoms with Crippen LogP contribution in [0, 0.1) is 0 Å². The first kappa shape index (κ1) is 14.4. The van der Waals surface area contributed by atoms with E-state index in [0.717, 1.165) is 18.5 Å². The second-order valence-corrected chi connectivity index (χ2v) is 4.85. The third-order valence-electron chi connectivity index (χ3n) is 3.28. The molecule has 5 nitrogen and oxygen atoms in total. The van der Waals surface area contributed by atoms with E-state index < -0.39 is 6.10 Å². The van der Waals surface area contributed by atoms with E-state index in [2.05, 4.69) is 12.2 Å². The van der Waals surface area contributed by atoms with Crippen LogP contribution in [0.3, 0.4) is 0 Å². The van der Waals surface area contributed by atoms with E-state index in [4.69, 9.17) is 4.74 Å². The number of hydrogen-bond donors (Lipinski definition) is 1. The van der Waals surface area contributed by atoms with Crippen molar-refractivity contribution in [1.82, 2.24) is 5.32 Å². The number of hydrogen-bond acceptors (Lipinski definition) is 3. The minimum atomic E-state index is -0.648. The molecule has 1 aromatic carbocycles. The Morgan fingerprint density at radius 1 is 1.40 bits per heavy atom. The van der Waals surface area contributed by atoms with Gasteiger partial charge in [-0.25, -0.2) is 0 Å². The predicted molar refractivity (Wildman–Crippen MR) is 76.8 cm³/mol. The number of carbonyl (C=O) groups excluding carboxylic acids is 2. The van der Waals surface area contributed by atoms with Gasteiger partial charge in [0, 0.05) is 13.5 Å². The lowest BCUT2D eigenvalue weighted by Gasteiger charge is -2.33. The number of ether oxygens (including phenoxy) is 1. The molecule has 0 unspecified atom stereocenters. The van der Waals surface area contributed by atoms with Crippen molar-refractivity contribution in [2.75, 3.05) is 18.0 Å². The Morgan fingerprint density at radius 3 is 2.85 bits per heavy atom. The highest BCUT2D eigenvalue weighted by Gasteiger charge is 2.32. The number of nitrogens with zero attached hydrogens (tertiary/aromatic N) is 1. The van der Waals surface area contributed by atoms with Gasteiger partial charge in [-0.05, 0) is 18.6 Å². The fourth-order valence-electron chi connectivity index (χ4n) is 2.17. The zero-order valence-electron chi connectivity index (χ0n) is 11.9. The molecule has 2 rings (SSSR count). The van der Waals surface area contributed by atoms with Gasteiger partial charge in [0.05, 0.1) is 12.2 Å². The third-order valence-corrected chi connectivity index (χ3v) is 3.28. The SMILES string of the molecule is CCCCNC(=O)[C@@H]1CN(C(C)=O)c2ccccc2O1. The number of fused-ring (bicyclic) bond motifs is 1. The van der Waals surface area contributed by atoms with Gasteiger partial charge < -0.3 is 15.0 Å². The van der Waals surface area contributed by atoms with Crippen LogP contribution in [0.25, 0.3) is 0 Å². The largest absolute Gasteiger partial charge is 0.477 e. The molecule has 0 aliphatic carbocycles. The Morgan fingerprint density at radius 2 is 2.15 bits per heavy atom. The molecule has 0 aromatic heterocycles. The lowest BCUT2D eigenvalue weighted by molar-refractivity contribution is -0.128. The molecule has 0 spiro atoms. The van der Waals surface area contributed by atoms with Crippen LogP contribution in [-0.4, -0.2) is 31.0 Å². The Labute approximate surface area is 118 Å². The van der Waals surface area contributed by atoms with Crippen LogP contribution < -0.4 is 15.0 Å². The molecule has 1 heterocycles. The molecule has 0 radical (unpaired) electrons. The zero-order valence-corrected chi connectivity index (χ0v) is 11.9. The normalized spacial score (nSPS) is 17.1. The summed E-state index contributed by atoms with van der Waals surface area (Å²) in [6, 6.07) is 7.27. The number of benzene rings is 1. The van der Waals surface area contributed by atoms with Crippen molar-refractivity contribution in [2.45, 2.75) is 32.8 Å². The molecule has 0 saturated heterocycles. The molecule has 108 valence electrons. The van der Waals surface area contributed by atoms with Gasteiger partial charge in [-0.3, -0.25) is 9.59 Å². The van der Waals surface area contributed by atoms with Crippen LogP contribution in [0.2, 0.25) is 0 Å². The molecule has 0 saturated carbocycles. The molecule has 1 aromatic rings. The first-order valence-corrected chi connectivity index (χ1v) is 6.95.